The van der Waals surface area contributed by atoms with E-state index in [-0.39, 0.29) is 29.6 Å². The predicted molar refractivity (Wildman–Crippen MR) is 17.1 cm³/mol. The molecule has 0 aromatic carbocycles. The van der Waals surface area contributed by atoms with Crippen molar-refractivity contribution >= 4 is 8.69 Å². The molecule has 0 amide bonds. The maximum absolute atomic E-state index is 8.40. The van der Waals surface area contributed by atoms with E-state index in [4.69, 9.17) is 14.6 Å². The molecule has 5 heteroatoms. The molecule has 0 aliphatic heterocycles. The topological polar surface area (TPSA) is 60.4 Å². The van der Waals surface area contributed by atoms with Crippen molar-refractivity contribution in [1.29, 1.82) is 0 Å². The van der Waals surface area contributed by atoms with Gasteiger partial charge in [0.15, 0.2) is 0 Å². The van der Waals surface area contributed by atoms with Crippen molar-refractivity contribution < 1.29 is 44.1 Å². The molecule has 0 aromatic heterocycles. The van der Waals surface area contributed by atoms with Gasteiger partial charge in [0, 0.05) is 7.11 Å². The third kappa shape index (κ3) is 78.0. The van der Waals surface area contributed by atoms with Crippen molar-refractivity contribution in [2.24, 2.45) is 0 Å². The van der Waals surface area contributed by atoms with E-state index < -0.39 is 8.69 Å². The molecule has 0 aliphatic carbocycles. The van der Waals surface area contributed by atoms with Crippen LogP contribution in [0.4, 0.5) is 0 Å². The first-order chi connectivity index (χ1) is 2.41. The summed E-state index contributed by atoms with van der Waals surface area (Å²) in [5.41, 5.74) is 0. The van der Waals surface area contributed by atoms with Crippen molar-refractivity contribution in [3.05, 3.63) is 0 Å². The average Bonchev–Trinajstić information content (AvgIpc) is 1.46. The van der Waals surface area contributed by atoms with Crippen LogP contribution in [0.3, 0.4) is 0 Å². The molecular weight excluding hydrogens is 114 g/mol. The second-order valence-electron chi connectivity index (χ2n) is 0.0833. The molecule has 0 saturated carbocycles. The van der Waals surface area contributed by atoms with Crippen LogP contribution < -0.4 is 34.5 Å². The summed E-state index contributed by atoms with van der Waals surface area (Å²) in [5.74, 6) is 0. The summed E-state index contributed by atoms with van der Waals surface area (Å²) in [7, 11) is -0.417. The Morgan fingerprint density at radius 2 is 1.67 bits per heavy atom. The minimum Gasteiger partial charge on any atom is -0.597 e. The summed E-state index contributed by atoms with van der Waals surface area (Å²) in [5, 5.41) is 7.00. The molecule has 0 rings (SSSR count). The van der Waals surface area contributed by atoms with Gasteiger partial charge < -0.3 is 10.00 Å². The van der Waals surface area contributed by atoms with Gasteiger partial charge in [-0.15, -0.1) is 0 Å². The van der Waals surface area contributed by atoms with E-state index in [0.29, 0.717) is 0 Å². The van der Waals surface area contributed by atoms with Gasteiger partial charge in [-0.2, -0.15) is 0 Å². The third-order valence-electron chi connectivity index (χ3n) is 0. The van der Waals surface area contributed by atoms with Crippen LogP contribution in [0.25, 0.3) is 0 Å². The molecule has 0 fully saturated rings. The van der Waals surface area contributed by atoms with Crippen LogP contribution in [0.5, 0.6) is 0 Å². The molecule has 0 saturated heterocycles. The van der Waals surface area contributed by atoms with Crippen LogP contribution in [-0.4, -0.2) is 12.2 Å². The Kier molecular flexibility index (Phi) is 97.6. The van der Waals surface area contributed by atoms with E-state index in [1.807, 2.05) is 0 Å². The monoisotopic (exact) mass is 119 g/mol. The molecule has 0 aliphatic rings. The Hall–Kier alpha value is 1.02. The van der Waals surface area contributed by atoms with Crippen LogP contribution in [0.1, 0.15) is 0 Å². The average molecular weight is 119 g/mol. The van der Waals surface area contributed by atoms with E-state index in [1.165, 1.54) is 0 Å². The zero-order chi connectivity index (χ0) is 4.71. The standard InChI is InChI=1S/CH4O.Na.HO2P/c1-2;;1-3-2/h2H,1H3;;3H/q;+1;. The van der Waals surface area contributed by atoms with E-state index in [9.17, 15) is 0 Å². The molecule has 0 heterocycles. The zero-order valence-electron chi connectivity index (χ0n) is 3.76. The van der Waals surface area contributed by atoms with Gasteiger partial charge in [-0.25, -0.2) is 0 Å². The second-order valence-corrected chi connectivity index (χ2v) is 0.250. The minimum atomic E-state index is -1.42. The molecule has 3 nitrogen and oxygen atoms in total. The Morgan fingerprint density at radius 1 is 1.67 bits per heavy atom. The summed E-state index contributed by atoms with van der Waals surface area (Å²) in [4.78, 5) is 8.40. The SMILES string of the molecule is CO.O=[PH+][O-].[Na+]. The Balaban J connectivity index is -0.0000000275. The molecule has 0 aromatic rings. The number of aliphatic hydroxyl groups is 1. The number of rotatable bonds is 0. The Bertz CT molecular complexity index is 18.3. The molecule has 0 radical (unpaired) electrons. The van der Waals surface area contributed by atoms with Crippen molar-refractivity contribution in [3.8, 4) is 0 Å². The zero-order valence-corrected chi connectivity index (χ0v) is 6.76. The number of aliphatic hydroxyl groups excluding tert-OH is 1. The number of hydrogen-bond donors (Lipinski definition) is 1. The smallest absolute Gasteiger partial charge is 0.597 e. The van der Waals surface area contributed by atoms with Gasteiger partial charge in [0.1, 0.15) is 0 Å². The summed E-state index contributed by atoms with van der Waals surface area (Å²) in [6, 6.07) is 0. The van der Waals surface area contributed by atoms with Crippen LogP contribution >= 0.6 is 8.69 Å². The van der Waals surface area contributed by atoms with Gasteiger partial charge in [0.2, 0.25) is 0 Å². The van der Waals surface area contributed by atoms with Crippen LogP contribution in [0, 0.1) is 0 Å². The normalized spacial score (nSPS) is 4.50. The van der Waals surface area contributed by atoms with Gasteiger partial charge in [-0.1, -0.05) is 4.57 Å². The molecule has 0 bridgehead atoms. The van der Waals surface area contributed by atoms with Crippen molar-refractivity contribution in [2.75, 3.05) is 7.11 Å². The molecule has 1 atom stereocenters. The molecule has 1 N–H and O–H groups in total. The fourth-order valence-corrected chi connectivity index (χ4v) is 0. The van der Waals surface area contributed by atoms with Gasteiger partial charge in [0.05, 0.1) is 0 Å². The van der Waals surface area contributed by atoms with Gasteiger partial charge in [0.25, 0.3) is 8.69 Å². The molecule has 0 spiro atoms. The fourth-order valence-electron chi connectivity index (χ4n) is 0. The summed E-state index contributed by atoms with van der Waals surface area (Å²) < 4.78 is 8.40. The van der Waals surface area contributed by atoms with Gasteiger partial charge in [-0.3, -0.25) is 0 Å². The van der Waals surface area contributed by atoms with Gasteiger partial charge >= 0.3 is 29.6 Å². The first kappa shape index (κ1) is 15.7. The second kappa shape index (κ2) is 37.2. The third-order valence-corrected chi connectivity index (χ3v) is 0. The Morgan fingerprint density at radius 3 is 1.67 bits per heavy atom. The molecule has 32 valence electrons. The molecular formula is CH5NaO3P+. The van der Waals surface area contributed by atoms with Crippen molar-refractivity contribution in [2.45, 2.75) is 0 Å². The largest absolute Gasteiger partial charge is 1.00 e. The van der Waals surface area contributed by atoms with Crippen LogP contribution in [0.15, 0.2) is 0 Å². The van der Waals surface area contributed by atoms with E-state index in [0.717, 1.165) is 7.11 Å². The fraction of sp³-hybridized carbons (Fsp3) is 1.00. The first-order valence-corrected chi connectivity index (χ1v) is 1.67. The minimum absolute atomic E-state index is 0. The number of hydrogen-bond acceptors (Lipinski definition) is 3. The van der Waals surface area contributed by atoms with Crippen LogP contribution in [0.2, 0.25) is 0 Å². The van der Waals surface area contributed by atoms with E-state index in [1.54, 1.807) is 0 Å². The van der Waals surface area contributed by atoms with Crippen LogP contribution in [-0.2, 0) is 4.57 Å². The summed E-state index contributed by atoms with van der Waals surface area (Å²) in [6.45, 7) is 0. The quantitative estimate of drug-likeness (QED) is 0.260. The summed E-state index contributed by atoms with van der Waals surface area (Å²) >= 11 is 0. The summed E-state index contributed by atoms with van der Waals surface area (Å²) in [6.07, 6.45) is 0. The van der Waals surface area contributed by atoms with Gasteiger partial charge in [-0.05, 0) is 0 Å². The Labute approximate surface area is 60.0 Å². The molecule has 1 unspecified atom stereocenters. The first-order valence-electron chi connectivity index (χ1n) is 0.855. The van der Waals surface area contributed by atoms with Crippen molar-refractivity contribution in [1.82, 2.24) is 0 Å². The predicted octanol–water partition coefficient (Wildman–Crippen LogP) is -4.10. The van der Waals surface area contributed by atoms with E-state index in [2.05, 4.69) is 0 Å². The maximum Gasteiger partial charge on any atom is 1.00 e. The van der Waals surface area contributed by atoms with E-state index >= 15 is 0 Å². The molecule has 6 heavy (non-hydrogen) atoms. The van der Waals surface area contributed by atoms with Crippen molar-refractivity contribution in [3.63, 3.8) is 0 Å². The maximum atomic E-state index is 8.40.